The lowest BCUT2D eigenvalue weighted by Crippen LogP contribution is -1.93. The van der Waals surface area contributed by atoms with E-state index in [9.17, 15) is 0 Å². The fraction of sp³-hybridized carbons (Fsp3) is 0.0208. The summed E-state index contributed by atoms with van der Waals surface area (Å²) in [5.74, 6) is 0. The zero-order valence-electron chi connectivity index (χ0n) is 27.0. The van der Waals surface area contributed by atoms with Gasteiger partial charge in [-0.25, -0.2) is 0 Å². The standard InChI is InChI=1S/C48H29N/c1-28-26-41-40-27-31(22-23-33(40)35-19-11-21-42(49-28)46(35)41)32-24-25-39-45-34(32)18-10-20-38(45)47-43(29-12-4-2-5-13-29)36-16-8-9-17-37(36)44(48(39)47)30-14-6-3-7-15-30/h2-27H,1H3. The summed E-state index contributed by atoms with van der Waals surface area (Å²) in [5, 5.41) is 6.47. The van der Waals surface area contributed by atoms with Crippen LogP contribution in [0, 0.1) is 6.92 Å². The second-order valence-corrected chi connectivity index (χ2v) is 13.4. The van der Waals surface area contributed by atoms with E-state index in [4.69, 9.17) is 4.98 Å². The molecule has 0 saturated carbocycles. The molecule has 0 aliphatic heterocycles. The summed E-state index contributed by atoms with van der Waals surface area (Å²) in [6.45, 7) is 2.10. The lowest BCUT2D eigenvalue weighted by molar-refractivity contribution is 1.26. The van der Waals surface area contributed by atoms with Crippen molar-refractivity contribution in [1.82, 2.24) is 4.98 Å². The van der Waals surface area contributed by atoms with Crippen LogP contribution in [0.5, 0.6) is 0 Å². The zero-order chi connectivity index (χ0) is 32.2. The van der Waals surface area contributed by atoms with Crippen molar-refractivity contribution in [3.63, 3.8) is 0 Å². The summed E-state index contributed by atoms with van der Waals surface area (Å²) in [7, 11) is 0. The quantitative estimate of drug-likeness (QED) is 0.192. The Morgan fingerprint density at radius 1 is 0.327 bits per heavy atom. The molecule has 0 amide bonds. The van der Waals surface area contributed by atoms with E-state index in [1.54, 1.807) is 0 Å². The Morgan fingerprint density at radius 3 is 1.61 bits per heavy atom. The molecule has 1 nitrogen and oxygen atoms in total. The minimum atomic E-state index is 1.05. The first-order valence-electron chi connectivity index (χ1n) is 17.1. The molecule has 1 aromatic heterocycles. The summed E-state index contributed by atoms with van der Waals surface area (Å²) in [4.78, 5) is 4.87. The van der Waals surface area contributed by atoms with Crippen LogP contribution in [-0.2, 0) is 0 Å². The summed E-state index contributed by atoms with van der Waals surface area (Å²) < 4.78 is 0. The van der Waals surface area contributed by atoms with Crippen LogP contribution in [0.25, 0.3) is 110 Å². The number of aryl methyl sites for hydroxylation is 1. The predicted octanol–water partition coefficient (Wildman–Crippen LogP) is 13.1. The lowest BCUT2D eigenvalue weighted by Gasteiger charge is -2.20. The lowest BCUT2D eigenvalue weighted by atomic mass is 9.82. The Kier molecular flexibility index (Phi) is 5.38. The monoisotopic (exact) mass is 619 g/mol. The van der Waals surface area contributed by atoms with Crippen molar-refractivity contribution >= 4 is 32.4 Å². The van der Waals surface area contributed by atoms with Gasteiger partial charge in [0.1, 0.15) is 0 Å². The third kappa shape index (κ3) is 3.62. The highest BCUT2D eigenvalue weighted by Gasteiger charge is 2.31. The predicted molar refractivity (Wildman–Crippen MR) is 207 cm³/mol. The first-order chi connectivity index (χ1) is 24.2. The van der Waals surface area contributed by atoms with Crippen molar-refractivity contribution in [2.75, 3.05) is 0 Å². The van der Waals surface area contributed by atoms with Crippen LogP contribution in [-0.4, -0.2) is 4.98 Å². The summed E-state index contributed by atoms with van der Waals surface area (Å²) in [6.07, 6.45) is 0. The molecule has 0 N–H and O–H groups in total. The minimum Gasteiger partial charge on any atom is -0.253 e. The fourth-order valence-electron chi connectivity index (χ4n) is 8.89. The molecule has 0 spiro atoms. The van der Waals surface area contributed by atoms with Crippen LogP contribution in [0.3, 0.4) is 0 Å². The molecule has 226 valence electrons. The molecule has 1 heteroatoms. The van der Waals surface area contributed by atoms with Gasteiger partial charge in [0.15, 0.2) is 0 Å². The van der Waals surface area contributed by atoms with E-state index >= 15 is 0 Å². The normalized spacial score (nSPS) is 12.2. The Balaban J connectivity index is 1.22. The molecule has 0 saturated heterocycles. The first-order valence-corrected chi connectivity index (χ1v) is 17.1. The topological polar surface area (TPSA) is 12.9 Å². The van der Waals surface area contributed by atoms with E-state index in [0.29, 0.717) is 0 Å². The van der Waals surface area contributed by atoms with Gasteiger partial charge in [-0.05, 0) is 125 Å². The molecule has 0 atom stereocenters. The number of pyridine rings is 1. The Hall–Kier alpha value is -6.31. The van der Waals surface area contributed by atoms with Gasteiger partial charge in [0.05, 0.1) is 5.52 Å². The van der Waals surface area contributed by atoms with Crippen LogP contribution >= 0.6 is 0 Å². The van der Waals surface area contributed by atoms with Crippen molar-refractivity contribution in [2.24, 2.45) is 0 Å². The first kappa shape index (κ1) is 26.7. The minimum absolute atomic E-state index is 1.05. The molecule has 1 heterocycles. The van der Waals surface area contributed by atoms with Crippen LogP contribution in [0.1, 0.15) is 5.69 Å². The van der Waals surface area contributed by atoms with Crippen molar-refractivity contribution in [3.8, 4) is 77.9 Å². The molecule has 0 fully saturated rings. The van der Waals surface area contributed by atoms with Gasteiger partial charge in [-0.1, -0.05) is 140 Å². The molecule has 49 heavy (non-hydrogen) atoms. The SMILES string of the molecule is Cc1cc2c3c(cccc3n1)-c1ccc(-c3ccc4c5c(cccc35)-c3c-4c(-c4ccccc4)c4ccccc4c3-c3ccccc3)cc1-2. The maximum Gasteiger partial charge on any atom is 0.0717 e. The number of fused-ring (bicyclic) bond motifs is 7. The van der Waals surface area contributed by atoms with Crippen LogP contribution in [0.2, 0.25) is 0 Å². The average Bonchev–Trinajstić information content (AvgIpc) is 3.65. The highest BCUT2D eigenvalue weighted by molar-refractivity contribution is 6.29. The van der Waals surface area contributed by atoms with Gasteiger partial charge in [-0.2, -0.15) is 0 Å². The molecule has 2 aliphatic carbocycles. The molecule has 8 aromatic carbocycles. The second-order valence-electron chi connectivity index (χ2n) is 13.4. The van der Waals surface area contributed by atoms with E-state index in [0.717, 1.165) is 11.2 Å². The molecular formula is C48H29N. The van der Waals surface area contributed by atoms with Crippen LogP contribution < -0.4 is 0 Å². The Labute approximate surface area is 284 Å². The maximum absolute atomic E-state index is 4.87. The summed E-state index contributed by atoms with van der Waals surface area (Å²) in [5.41, 5.74) is 20.2. The van der Waals surface area contributed by atoms with E-state index in [1.807, 2.05) is 0 Å². The van der Waals surface area contributed by atoms with Gasteiger partial charge in [0.2, 0.25) is 0 Å². The third-order valence-corrected chi connectivity index (χ3v) is 10.8. The largest absolute Gasteiger partial charge is 0.253 e. The average molecular weight is 620 g/mol. The van der Waals surface area contributed by atoms with Crippen LogP contribution in [0.4, 0.5) is 0 Å². The number of nitrogens with zero attached hydrogens (tertiary/aromatic N) is 1. The van der Waals surface area contributed by atoms with E-state index in [1.165, 1.54) is 105 Å². The van der Waals surface area contributed by atoms with E-state index < -0.39 is 0 Å². The summed E-state index contributed by atoms with van der Waals surface area (Å²) >= 11 is 0. The van der Waals surface area contributed by atoms with Crippen molar-refractivity contribution in [2.45, 2.75) is 6.92 Å². The van der Waals surface area contributed by atoms with E-state index in [2.05, 4.69) is 165 Å². The van der Waals surface area contributed by atoms with Crippen molar-refractivity contribution in [3.05, 3.63) is 163 Å². The highest BCUT2D eigenvalue weighted by Crippen LogP contribution is 2.58. The second kappa shape index (κ2) is 9.86. The van der Waals surface area contributed by atoms with Gasteiger partial charge in [0.25, 0.3) is 0 Å². The van der Waals surface area contributed by atoms with Gasteiger partial charge >= 0.3 is 0 Å². The Bertz CT molecular complexity index is 2770. The number of aromatic nitrogens is 1. The summed E-state index contributed by atoms with van der Waals surface area (Å²) in [6, 6.07) is 58.4. The molecule has 11 rings (SSSR count). The number of benzene rings is 8. The molecule has 9 aromatic rings. The molecule has 0 unspecified atom stereocenters. The highest BCUT2D eigenvalue weighted by atomic mass is 14.7. The van der Waals surface area contributed by atoms with Gasteiger partial charge < -0.3 is 0 Å². The molecule has 2 aliphatic rings. The van der Waals surface area contributed by atoms with Crippen molar-refractivity contribution in [1.29, 1.82) is 0 Å². The Morgan fingerprint density at radius 2 is 0.898 bits per heavy atom. The molecule has 0 bridgehead atoms. The number of hydrogen-bond acceptors (Lipinski definition) is 1. The van der Waals surface area contributed by atoms with Gasteiger partial charge in [0, 0.05) is 11.1 Å². The van der Waals surface area contributed by atoms with Gasteiger partial charge in [-0.3, -0.25) is 4.98 Å². The molecular weight excluding hydrogens is 591 g/mol. The number of hydrogen-bond donors (Lipinski definition) is 0. The maximum atomic E-state index is 4.87. The van der Waals surface area contributed by atoms with Crippen LogP contribution in [0.15, 0.2) is 158 Å². The number of rotatable bonds is 3. The molecule has 0 radical (unpaired) electrons. The van der Waals surface area contributed by atoms with Crippen molar-refractivity contribution < 1.29 is 0 Å². The zero-order valence-corrected chi connectivity index (χ0v) is 27.0. The van der Waals surface area contributed by atoms with Gasteiger partial charge in [-0.15, -0.1) is 0 Å². The van der Waals surface area contributed by atoms with E-state index in [-0.39, 0.29) is 0 Å². The smallest absolute Gasteiger partial charge is 0.0717 e. The fourth-order valence-corrected chi connectivity index (χ4v) is 8.89. The third-order valence-electron chi connectivity index (χ3n) is 10.8.